The first-order valence-electron chi connectivity index (χ1n) is 23.3. The molecule has 2 aliphatic carbocycles. The summed E-state index contributed by atoms with van der Waals surface area (Å²) >= 11 is 1.73. The van der Waals surface area contributed by atoms with Crippen LogP contribution in [0.25, 0.3) is 6.08 Å². The largest absolute Gasteiger partial charge is 0.493 e. The van der Waals surface area contributed by atoms with Crippen LogP contribution in [-0.4, -0.2) is 89.6 Å². The lowest BCUT2D eigenvalue weighted by atomic mass is 9.55. The summed E-state index contributed by atoms with van der Waals surface area (Å²) in [6.45, 7) is 4.98. The van der Waals surface area contributed by atoms with Gasteiger partial charge in [-0.3, -0.25) is 14.9 Å². The highest BCUT2D eigenvalue weighted by Gasteiger charge is 2.65. The second kappa shape index (κ2) is 22.8. The predicted octanol–water partition coefficient (Wildman–Crippen LogP) is 9.50. The van der Waals surface area contributed by atoms with Gasteiger partial charge < -0.3 is 43.6 Å². The molecule has 0 spiro atoms. The summed E-state index contributed by atoms with van der Waals surface area (Å²) in [4.78, 5) is 34.7. The van der Waals surface area contributed by atoms with Crippen molar-refractivity contribution < 1.29 is 48.5 Å². The smallest absolute Gasteiger partial charge is 0.269 e. The van der Waals surface area contributed by atoms with Gasteiger partial charge in [0.15, 0.2) is 11.5 Å². The van der Waals surface area contributed by atoms with Crippen LogP contribution in [0.15, 0.2) is 131 Å². The van der Waals surface area contributed by atoms with Gasteiger partial charge in [-0.1, -0.05) is 54.4 Å². The molecule has 1 saturated carbocycles. The van der Waals surface area contributed by atoms with E-state index >= 15 is 4.79 Å². The van der Waals surface area contributed by atoms with Crippen molar-refractivity contribution in [2.24, 2.45) is 22.9 Å². The van der Waals surface area contributed by atoms with E-state index in [0.29, 0.717) is 53.7 Å². The zero-order valence-electron chi connectivity index (χ0n) is 38.3. The van der Waals surface area contributed by atoms with Gasteiger partial charge in [0, 0.05) is 66.5 Å². The molecular weight excluding hydrogens is 887 g/mol. The Morgan fingerprint density at radius 1 is 0.971 bits per heavy atom. The lowest BCUT2D eigenvalue weighted by Gasteiger charge is -2.60. The van der Waals surface area contributed by atoms with Crippen molar-refractivity contribution in [2.75, 3.05) is 46.1 Å². The summed E-state index contributed by atoms with van der Waals surface area (Å²) in [5, 5.41) is 36.1. The SMILES string of the molecule is C=CCO[C@@]12Oc3ccc(OCCSc4ccccc4)cc3[C@H]3[C@H](CCCCO)[C@@H](CCCCO)C=C(C(=NOC)C[C@@H]1N(Cc1ccc4c(c1)OCO4)C(=O)C=Cc1ccc([N+](=O)[O-])cc1)[C@H]32. The van der Waals surface area contributed by atoms with Gasteiger partial charge in [0.25, 0.3) is 5.69 Å². The van der Waals surface area contributed by atoms with Crippen molar-refractivity contribution in [3.8, 4) is 23.0 Å². The molecule has 2 heterocycles. The molecule has 358 valence electrons. The Labute approximate surface area is 401 Å². The van der Waals surface area contributed by atoms with Gasteiger partial charge in [0.2, 0.25) is 18.5 Å². The summed E-state index contributed by atoms with van der Waals surface area (Å²) in [5.74, 6) is 0.677. The molecular formula is C53H59N3O11S. The number of hydrogen-bond donors (Lipinski definition) is 2. The minimum atomic E-state index is -1.50. The molecule has 0 radical (unpaired) electrons. The number of thioether (sulfide) groups is 1. The number of fused-ring (bicyclic) bond motifs is 3. The Morgan fingerprint density at radius 3 is 2.49 bits per heavy atom. The number of oxime groups is 1. The van der Waals surface area contributed by atoms with Crippen LogP contribution in [0, 0.1) is 27.9 Å². The van der Waals surface area contributed by atoms with E-state index in [-0.39, 0.29) is 68.9 Å². The number of nitro benzene ring substituents is 1. The molecule has 6 atom stereocenters. The predicted molar refractivity (Wildman–Crippen MR) is 260 cm³/mol. The Morgan fingerprint density at radius 2 is 1.74 bits per heavy atom. The summed E-state index contributed by atoms with van der Waals surface area (Å²) < 4.78 is 32.5. The van der Waals surface area contributed by atoms with Crippen LogP contribution in [0.2, 0.25) is 0 Å². The maximum atomic E-state index is 15.2. The van der Waals surface area contributed by atoms with E-state index in [4.69, 9.17) is 33.7 Å². The summed E-state index contributed by atoms with van der Waals surface area (Å²) in [6.07, 6.45) is 11.8. The van der Waals surface area contributed by atoms with Gasteiger partial charge in [-0.05, 0) is 115 Å². The third-order valence-electron chi connectivity index (χ3n) is 13.2. The van der Waals surface area contributed by atoms with Crippen molar-refractivity contribution in [2.45, 2.75) is 74.1 Å². The summed E-state index contributed by atoms with van der Waals surface area (Å²) in [7, 11) is 1.52. The first-order chi connectivity index (χ1) is 33.3. The molecule has 4 aromatic rings. The minimum Gasteiger partial charge on any atom is -0.493 e. The average Bonchev–Trinajstić information content (AvgIpc) is 3.83. The highest BCUT2D eigenvalue weighted by molar-refractivity contribution is 7.99. The molecule has 2 aliphatic heterocycles. The molecule has 14 nitrogen and oxygen atoms in total. The fourth-order valence-corrected chi connectivity index (χ4v) is 11.0. The molecule has 2 N–H and O–H groups in total. The third-order valence-corrected chi connectivity index (χ3v) is 14.2. The zero-order chi connectivity index (χ0) is 47.5. The fraction of sp³-hybridized carbons (Fsp3) is 0.396. The monoisotopic (exact) mass is 945 g/mol. The number of non-ortho nitro benzene ring substituents is 1. The summed E-state index contributed by atoms with van der Waals surface area (Å²) in [6, 6.07) is 27.0. The van der Waals surface area contributed by atoms with E-state index in [0.717, 1.165) is 48.1 Å². The normalized spacial score (nSPS) is 22.7. The maximum Gasteiger partial charge on any atom is 0.269 e. The van der Waals surface area contributed by atoms with Gasteiger partial charge in [-0.15, -0.1) is 18.3 Å². The lowest BCUT2D eigenvalue weighted by molar-refractivity contribution is -0.384. The van der Waals surface area contributed by atoms with E-state index in [1.165, 1.54) is 30.2 Å². The number of carbonyl (C=O) groups is 1. The molecule has 68 heavy (non-hydrogen) atoms. The first-order valence-corrected chi connectivity index (χ1v) is 24.3. The van der Waals surface area contributed by atoms with Crippen LogP contribution in [0.4, 0.5) is 5.69 Å². The second-order valence-corrected chi connectivity index (χ2v) is 18.5. The fourth-order valence-electron chi connectivity index (χ4n) is 10.2. The molecule has 4 aromatic carbocycles. The van der Waals surface area contributed by atoms with Gasteiger partial charge in [0.05, 0.1) is 29.8 Å². The Balaban J connectivity index is 1.27. The van der Waals surface area contributed by atoms with Gasteiger partial charge in [-0.25, -0.2) is 0 Å². The number of unbranched alkanes of at least 4 members (excludes halogenated alkanes) is 2. The Kier molecular flexibility index (Phi) is 16.2. The van der Waals surface area contributed by atoms with E-state index in [2.05, 4.69) is 30.9 Å². The highest BCUT2D eigenvalue weighted by Crippen LogP contribution is 2.62. The van der Waals surface area contributed by atoms with Crippen molar-refractivity contribution in [3.05, 3.63) is 148 Å². The highest BCUT2D eigenvalue weighted by atomic mass is 32.2. The van der Waals surface area contributed by atoms with Crippen LogP contribution in [0.3, 0.4) is 0 Å². The zero-order valence-corrected chi connectivity index (χ0v) is 39.1. The van der Waals surface area contributed by atoms with Crippen molar-refractivity contribution >= 4 is 35.1 Å². The first kappa shape index (κ1) is 48.3. The van der Waals surface area contributed by atoms with Gasteiger partial charge in [-0.2, -0.15) is 0 Å². The standard InChI is InChI=1S/C53H59N3O11S/c1-3-27-66-53-49(55(34-37-17-22-47-48(30-37)65-35-64-47)50(59)24-18-36-15-19-39(20-16-36)56(60)61)33-45(54-62-2)43-31-38(11-7-9-25-57)42(14-8-10-26-58)51(52(43)53)44-32-40(21-23-46(44)67-53)63-28-29-68-41-12-5-4-6-13-41/h3-6,12-13,15-24,30-32,38,42,49,51-52,57-58H,1,7-11,14,25-29,33-35H2,2H3/t38-,42+,49-,51+,52+,53+/m0/s1. The van der Waals surface area contributed by atoms with Crippen LogP contribution in [0.1, 0.15) is 67.6 Å². The molecule has 0 aromatic heterocycles. The number of nitrogens with zero attached hydrogens (tertiary/aromatic N) is 3. The minimum absolute atomic E-state index is 0.0230. The molecule has 1 amide bonds. The number of benzene rings is 4. The van der Waals surface area contributed by atoms with Crippen LogP contribution in [-0.2, 0) is 20.9 Å². The van der Waals surface area contributed by atoms with E-state index in [1.807, 2.05) is 48.5 Å². The number of allylic oxidation sites excluding steroid dienone is 1. The summed E-state index contributed by atoms with van der Waals surface area (Å²) in [5.41, 5.74) is 3.84. The molecule has 0 saturated heterocycles. The van der Waals surface area contributed by atoms with E-state index in [1.54, 1.807) is 40.9 Å². The van der Waals surface area contributed by atoms with Crippen LogP contribution >= 0.6 is 11.8 Å². The lowest BCUT2D eigenvalue weighted by Crippen LogP contribution is -2.70. The van der Waals surface area contributed by atoms with E-state index in [9.17, 15) is 20.3 Å². The molecule has 8 rings (SSSR count). The maximum absolute atomic E-state index is 15.2. The number of hydrogen-bond acceptors (Lipinski definition) is 13. The number of ether oxygens (including phenoxy) is 5. The number of amides is 1. The average molecular weight is 946 g/mol. The Bertz CT molecular complexity index is 2480. The van der Waals surface area contributed by atoms with Gasteiger partial charge in [0.1, 0.15) is 24.7 Å². The number of aliphatic hydroxyl groups is 2. The number of carbonyl (C=O) groups excluding carboxylic acids is 1. The molecule has 1 fully saturated rings. The Hall–Kier alpha value is -6.13. The topological polar surface area (TPSA) is 172 Å². The van der Waals surface area contributed by atoms with Crippen LogP contribution < -0.4 is 18.9 Å². The number of aliphatic hydroxyl groups excluding tert-OH is 2. The molecule has 0 unspecified atom stereocenters. The molecule has 0 bridgehead atoms. The van der Waals surface area contributed by atoms with Crippen molar-refractivity contribution in [1.29, 1.82) is 0 Å². The quantitative estimate of drug-likeness (QED) is 0.0181. The van der Waals surface area contributed by atoms with Crippen LogP contribution in [0.5, 0.6) is 23.0 Å². The van der Waals surface area contributed by atoms with E-state index < -0.39 is 22.7 Å². The van der Waals surface area contributed by atoms with Gasteiger partial charge >= 0.3 is 0 Å². The van der Waals surface area contributed by atoms with Crippen molar-refractivity contribution in [3.63, 3.8) is 0 Å². The molecule has 4 aliphatic rings. The third kappa shape index (κ3) is 10.8. The molecule has 15 heteroatoms. The second-order valence-electron chi connectivity index (χ2n) is 17.3. The number of rotatable bonds is 23. The van der Waals surface area contributed by atoms with Crippen molar-refractivity contribution in [1.82, 2.24) is 4.90 Å². The number of nitro groups is 1.